The number of rotatable bonds is 13. The average Bonchev–Trinajstić information content (AvgIpc) is 2.40. The van der Waals surface area contributed by atoms with E-state index in [9.17, 15) is 0 Å². The molecule has 3 nitrogen and oxygen atoms in total. The van der Waals surface area contributed by atoms with Gasteiger partial charge in [0, 0.05) is 13.0 Å². The first kappa shape index (κ1) is 24.9. The molecule has 0 atom stereocenters. The lowest BCUT2D eigenvalue weighted by atomic mass is 10.1. The topological polar surface area (TPSA) is 30.5 Å². The summed E-state index contributed by atoms with van der Waals surface area (Å²) in [5, 5.41) is 3.61. The number of unbranched alkanes of at least 4 members (excludes halogenated alkanes) is 6. The smallest absolute Gasteiger partial charge is 0.228 e. The van der Waals surface area contributed by atoms with Gasteiger partial charge in [0.25, 0.3) is 0 Å². The van der Waals surface area contributed by atoms with E-state index in [1.54, 1.807) is 0 Å². The van der Waals surface area contributed by atoms with Crippen LogP contribution in [0.15, 0.2) is 0 Å². The maximum Gasteiger partial charge on any atom is 0.228 e. The summed E-state index contributed by atoms with van der Waals surface area (Å²) in [5.41, 5.74) is -0.507. The molecule has 3 heteroatoms. The molecule has 0 amide bonds. The number of hydrogen-bond acceptors (Lipinski definition) is 3. The molecule has 0 aromatic rings. The van der Waals surface area contributed by atoms with E-state index in [1.165, 1.54) is 38.5 Å². The Kier molecular flexibility index (Phi) is 11.5. The van der Waals surface area contributed by atoms with Crippen molar-refractivity contribution in [3.63, 3.8) is 0 Å². The summed E-state index contributed by atoms with van der Waals surface area (Å²) in [6, 6.07) is 0. The Morgan fingerprint density at radius 2 is 1.16 bits per heavy atom. The first-order valence-corrected chi connectivity index (χ1v) is 10.5. The first-order chi connectivity index (χ1) is 11.4. The normalized spacial score (nSPS) is 13.7. The minimum atomic E-state index is -0.704. The third-order valence-corrected chi connectivity index (χ3v) is 3.83. The summed E-state index contributed by atoms with van der Waals surface area (Å²) in [6.07, 6.45) is 9.96. The zero-order valence-electron chi connectivity index (χ0n) is 18.8. The lowest BCUT2D eigenvalue weighted by Gasteiger charge is -2.44. The second-order valence-corrected chi connectivity index (χ2v) is 9.83. The molecule has 0 aliphatic rings. The predicted octanol–water partition coefficient (Wildman–Crippen LogP) is 6.66. The van der Waals surface area contributed by atoms with Crippen LogP contribution in [0.25, 0.3) is 0 Å². The minimum absolute atomic E-state index is 0.254. The molecule has 0 radical (unpaired) electrons. The average molecular weight is 358 g/mol. The zero-order chi connectivity index (χ0) is 19.6. The van der Waals surface area contributed by atoms with E-state index in [0.29, 0.717) is 5.92 Å². The molecule has 25 heavy (non-hydrogen) atoms. The van der Waals surface area contributed by atoms with E-state index in [4.69, 9.17) is 9.47 Å². The molecule has 0 spiro atoms. The highest BCUT2D eigenvalue weighted by atomic mass is 16.7. The van der Waals surface area contributed by atoms with Gasteiger partial charge in [0.2, 0.25) is 5.91 Å². The largest absolute Gasteiger partial charge is 0.332 e. The Morgan fingerprint density at radius 1 is 0.720 bits per heavy atom. The van der Waals surface area contributed by atoms with Crippen LogP contribution in [-0.2, 0) is 9.47 Å². The van der Waals surface area contributed by atoms with E-state index < -0.39 is 5.91 Å². The molecule has 0 fully saturated rings. The first-order valence-electron chi connectivity index (χ1n) is 10.5. The lowest BCUT2D eigenvalue weighted by Crippen LogP contribution is -2.57. The van der Waals surface area contributed by atoms with Gasteiger partial charge < -0.3 is 9.47 Å². The summed E-state index contributed by atoms with van der Waals surface area (Å²) in [5.74, 6) is -0.148. The molecule has 0 heterocycles. The highest BCUT2D eigenvalue weighted by Crippen LogP contribution is 2.30. The van der Waals surface area contributed by atoms with Crippen molar-refractivity contribution in [1.29, 1.82) is 0 Å². The van der Waals surface area contributed by atoms with E-state index in [1.807, 2.05) is 0 Å². The van der Waals surface area contributed by atoms with Crippen molar-refractivity contribution in [3.8, 4) is 0 Å². The van der Waals surface area contributed by atoms with Crippen molar-refractivity contribution in [2.24, 2.45) is 5.92 Å². The Labute approximate surface area is 158 Å². The predicted molar refractivity (Wildman–Crippen MR) is 110 cm³/mol. The van der Waals surface area contributed by atoms with Crippen molar-refractivity contribution in [1.82, 2.24) is 5.32 Å². The molecule has 1 N–H and O–H groups in total. The molecule has 0 aliphatic heterocycles. The van der Waals surface area contributed by atoms with Gasteiger partial charge in [0.1, 0.15) is 0 Å². The van der Waals surface area contributed by atoms with Crippen LogP contribution in [-0.4, -0.2) is 23.7 Å². The maximum absolute atomic E-state index is 6.46. The monoisotopic (exact) mass is 357 g/mol. The second kappa shape index (κ2) is 11.6. The Morgan fingerprint density at radius 3 is 1.56 bits per heavy atom. The Bertz CT molecular complexity index is 310. The maximum atomic E-state index is 6.46. The van der Waals surface area contributed by atoms with Crippen LogP contribution >= 0.6 is 0 Å². The Balaban J connectivity index is 4.85. The van der Waals surface area contributed by atoms with E-state index in [2.05, 4.69) is 67.6 Å². The van der Waals surface area contributed by atoms with Gasteiger partial charge in [0.05, 0.1) is 11.2 Å². The summed E-state index contributed by atoms with van der Waals surface area (Å²) in [7, 11) is 0. The second-order valence-electron chi connectivity index (χ2n) is 9.83. The number of hydrogen-bond donors (Lipinski definition) is 1. The van der Waals surface area contributed by atoms with Gasteiger partial charge in [-0.15, -0.1) is 0 Å². The highest BCUT2D eigenvalue weighted by Gasteiger charge is 2.39. The van der Waals surface area contributed by atoms with E-state index in [-0.39, 0.29) is 11.2 Å². The third kappa shape index (κ3) is 14.7. The van der Waals surface area contributed by atoms with Gasteiger partial charge in [0.15, 0.2) is 0 Å². The fraction of sp³-hybridized carbons (Fsp3) is 1.00. The fourth-order valence-electron chi connectivity index (χ4n) is 2.95. The van der Waals surface area contributed by atoms with Crippen molar-refractivity contribution in [2.75, 3.05) is 6.54 Å². The molecule has 0 saturated carbocycles. The quantitative estimate of drug-likeness (QED) is 0.295. The van der Waals surface area contributed by atoms with Crippen LogP contribution in [0, 0.1) is 5.92 Å². The van der Waals surface area contributed by atoms with Crippen molar-refractivity contribution < 1.29 is 9.47 Å². The summed E-state index contributed by atoms with van der Waals surface area (Å²) in [4.78, 5) is 0. The molecule has 0 aromatic heterocycles. The molecule has 0 saturated heterocycles. The van der Waals surface area contributed by atoms with Crippen molar-refractivity contribution in [2.45, 2.75) is 131 Å². The highest BCUT2D eigenvalue weighted by molar-refractivity contribution is 4.78. The van der Waals surface area contributed by atoms with Gasteiger partial charge in [-0.2, -0.15) is 0 Å². The van der Waals surface area contributed by atoms with E-state index >= 15 is 0 Å². The van der Waals surface area contributed by atoms with Gasteiger partial charge in [-0.25, -0.2) is 0 Å². The molecule has 0 aliphatic carbocycles. The fourth-order valence-corrected chi connectivity index (χ4v) is 2.95. The van der Waals surface area contributed by atoms with E-state index in [0.717, 1.165) is 19.4 Å². The van der Waals surface area contributed by atoms with Gasteiger partial charge >= 0.3 is 0 Å². The SMILES string of the molecule is CCCCCCCCCC(NCC(C)C)(OC(C)(C)C)OC(C)(C)C. The van der Waals surface area contributed by atoms with Crippen molar-refractivity contribution >= 4 is 0 Å². The molecular formula is C22H47NO2. The molecular weight excluding hydrogens is 310 g/mol. The van der Waals surface area contributed by atoms with Crippen LogP contribution in [0.3, 0.4) is 0 Å². The molecule has 0 unspecified atom stereocenters. The molecule has 0 rings (SSSR count). The summed E-state index contributed by atoms with van der Waals surface area (Å²) in [6.45, 7) is 20.2. The minimum Gasteiger partial charge on any atom is -0.332 e. The van der Waals surface area contributed by atoms with Crippen LogP contribution in [0.5, 0.6) is 0 Å². The van der Waals surface area contributed by atoms with Crippen LogP contribution in [0.4, 0.5) is 0 Å². The van der Waals surface area contributed by atoms with Gasteiger partial charge in [-0.1, -0.05) is 59.3 Å². The molecule has 152 valence electrons. The van der Waals surface area contributed by atoms with Crippen molar-refractivity contribution in [3.05, 3.63) is 0 Å². The zero-order valence-corrected chi connectivity index (χ0v) is 18.8. The number of nitrogens with one attached hydrogen (secondary N) is 1. The summed E-state index contributed by atoms with van der Waals surface area (Å²) >= 11 is 0. The van der Waals surface area contributed by atoms with Crippen LogP contribution < -0.4 is 5.32 Å². The number of ether oxygens (including phenoxy) is 2. The third-order valence-electron chi connectivity index (χ3n) is 3.83. The summed E-state index contributed by atoms with van der Waals surface area (Å²) < 4.78 is 12.9. The molecule has 0 aromatic carbocycles. The van der Waals surface area contributed by atoms with Crippen LogP contribution in [0.2, 0.25) is 0 Å². The van der Waals surface area contributed by atoms with Crippen LogP contribution in [0.1, 0.15) is 114 Å². The van der Waals surface area contributed by atoms with Gasteiger partial charge in [-0.05, 0) is 53.9 Å². The standard InChI is InChI=1S/C22H47NO2/c1-10-11-12-13-14-15-16-17-22(23-18-19(2)3,24-20(4,5)6)25-21(7,8)9/h19,23H,10-18H2,1-9H3. The van der Waals surface area contributed by atoms with Gasteiger partial charge in [-0.3, -0.25) is 5.32 Å². The molecule has 0 bridgehead atoms. The lowest BCUT2D eigenvalue weighted by molar-refractivity contribution is -0.330. The Hall–Kier alpha value is -0.120.